The molecule has 2 aliphatic rings. The summed E-state index contributed by atoms with van der Waals surface area (Å²) in [5, 5.41) is 3.75. The van der Waals surface area contributed by atoms with Crippen LogP contribution in [-0.4, -0.2) is 17.0 Å². The number of hydrogen-bond acceptors (Lipinski definition) is 4. The summed E-state index contributed by atoms with van der Waals surface area (Å²) in [5.41, 5.74) is 7.00. The van der Waals surface area contributed by atoms with Crippen LogP contribution < -0.4 is 10.9 Å². The molecule has 6 nitrogen and oxygen atoms in total. The van der Waals surface area contributed by atoms with Crippen LogP contribution >= 0.6 is 0 Å². The number of carbonyl (C=O) groups excluding carboxylic acids is 2. The molecule has 2 saturated carbocycles. The average Bonchev–Trinajstić information content (AvgIpc) is 3.57. The molecule has 2 fully saturated rings. The normalized spacial score (nSPS) is 16.2. The molecule has 0 unspecified atom stereocenters. The van der Waals surface area contributed by atoms with Gasteiger partial charge in [-0.1, -0.05) is 41.1 Å². The molecule has 1 aromatic carbocycles. The lowest BCUT2D eigenvalue weighted by Crippen LogP contribution is -2.41. The van der Waals surface area contributed by atoms with Crippen LogP contribution in [0.1, 0.15) is 36.2 Å². The second kappa shape index (κ2) is 6.55. The van der Waals surface area contributed by atoms with Gasteiger partial charge in [-0.25, -0.2) is 0 Å². The van der Waals surface area contributed by atoms with Gasteiger partial charge >= 0.3 is 0 Å². The van der Waals surface area contributed by atoms with Gasteiger partial charge in [0.05, 0.1) is 0 Å². The third kappa shape index (κ3) is 3.79. The Morgan fingerprint density at radius 3 is 2.36 bits per heavy atom. The van der Waals surface area contributed by atoms with Gasteiger partial charge < -0.3 is 4.52 Å². The predicted octanol–water partition coefficient (Wildman–Crippen LogP) is 2.85. The molecule has 128 valence electrons. The minimum Gasteiger partial charge on any atom is -0.355 e. The molecule has 0 atom stereocenters. The molecule has 2 N–H and O–H groups in total. The predicted molar refractivity (Wildman–Crippen MR) is 91.1 cm³/mol. The smallest absolute Gasteiger partial charge is 0.291 e. The van der Waals surface area contributed by atoms with Crippen LogP contribution in [0.3, 0.4) is 0 Å². The van der Waals surface area contributed by atoms with Crippen molar-refractivity contribution in [1.82, 2.24) is 16.0 Å². The first-order valence-electron chi connectivity index (χ1n) is 8.54. The van der Waals surface area contributed by atoms with Gasteiger partial charge in [0.2, 0.25) is 0 Å². The molecule has 0 spiro atoms. The standard InChI is InChI=1S/C19H19N3O3/c23-18(10-15(12-6-7-12)13-8-9-13)20-21-19(24)16-11-17(25-22-16)14-4-2-1-3-5-14/h1-5,10-13H,6-9H2,(H,20,23)(H,21,24). The topological polar surface area (TPSA) is 84.2 Å². The number of amides is 2. The van der Waals surface area contributed by atoms with Crippen molar-refractivity contribution in [3.63, 3.8) is 0 Å². The summed E-state index contributed by atoms with van der Waals surface area (Å²) < 4.78 is 5.19. The maximum absolute atomic E-state index is 12.1. The number of hydrogen-bond donors (Lipinski definition) is 2. The second-order valence-electron chi connectivity index (χ2n) is 6.58. The van der Waals surface area contributed by atoms with E-state index in [9.17, 15) is 9.59 Å². The maximum Gasteiger partial charge on any atom is 0.291 e. The quantitative estimate of drug-likeness (QED) is 0.649. The van der Waals surface area contributed by atoms with Crippen molar-refractivity contribution in [3.8, 4) is 11.3 Å². The van der Waals surface area contributed by atoms with Gasteiger partial charge in [0, 0.05) is 17.7 Å². The molecule has 25 heavy (non-hydrogen) atoms. The summed E-state index contributed by atoms with van der Waals surface area (Å²) in [6.07, 6.45) is 6.33. The van der Waals surface area contributed by atoms with Crippen LogP contribution in [0.5, 0.6) is 0 Å². The first-order valence-corrected chi connectivity index (χ1v) is 8.54. The highest BCUT2D eigenvalue weighted by Gasteiger charge is 2.36. The third-order valence-corrected chi connectivity index (χ3v) is 4.50. The van der Waals surface area contributed by atoms with Gasteiger partial charge in [0.15, 0.2) is 11.5 Å². The number of aromatic nitrogens is 1. The minimum atomic E-state index is -0.507. The second-order valence-corrected chi connectivity index (χ2v) is 6.58. The number of carbonyl (C=O) groups is 2. The Bertz CT molecular complexity index is 803. The van der Waals surface area contributed by atoms with Crippen molar-refractivity contribution in [2.75, 3.05) is 0 Å². The molecule has 0 saturated heterocycles. The Morgan fingerprint density at radius 1 is 1.04 bits per heavy atom. The van der Waals surface area contributed by atoms with Crippen molar-refractivity contribution in [2.24, 2.45) is 11.8 Å². The molecule has 4 rings (SSSR count). The van der Waals surface area contributed by atoms with E-state index in [2.05, 4.69) is 16.0 Å². The van der Waals surface area contributed by atoms with E-state index in [1.807, 2.05) is 30.3 Å². The number of nitrogens with zero attached hydrogens (tertiary/aromatic N) is 1. The van der Waals surface area contributed by atoms with Crippen LogP contribution in [0.15, 0.2) is 52.6 Å². The van der Waals surface area contributed by atoms with Gasteiger partial charge in [-0.15, -0.1) is 0 Å². The largest absolute Gasteiger partial charge is 0.355 e. The fourth-order valence-corrected chi connectivity index (χ4v) is 2.89. The van der Waals surface area contributed by atoms with Crippen molar-refractivity contribution in [3.05, 3.63) is 53.7 Å². The SMILES string of the molecule is O=C(C=C(C1CC1)C1CC1)NNC(=O)c1cc(-c2ccccc2)on1. The zero-order chi connectivity index (χ0) is 17.2. The van der Waals surface area contributed by atoms with Crippen molar-refractivity contribution in [1.29, 1.82) is 0 Å². The lowest BCUT2D eigenvalue weighted by atomic mass is 10.1. The van der Waals surface area contributed by atoms with E-state index in [1.165, 1.54) is 31.3 Å². The first kappa shape index (κ1) is 15.6. The Labute approximate surface area is 145 Å². The Kier molecular flexibility index (Phi) is 4.09. The molecular formula is C19H19N3O3. The van der Waals surface area contributed by atoms with Crippen LogP contribution in [0.4, 0.5) is 0 Å². The summed E-state index contributed by atoms with van der Waals surface area (Å²) >= 11 is 0. The summed E-state index contributed by atoms with van der Waals surface area (Å²) in [6, 6.07) is 10.9. The number of allylic oxidation sites excluding steroid dienone is 1. The zero-order valence-corrected chi connectivity index (χ0v) is 13.7. The Morgan fingerprint density at radius 2 is 1.72 bits per heavy atom. The van der Waals surface area contributed by atoms with Gasteiger partial charge in [-0.05, 0) is 37.5 Å². The number of benzene rings is 1. The lowest BCUT2D eigenvalue weighted by Gasteiger charge is -2.06. The molecule has 0 radical (unpaired) electrons. The van der Waals surface area contributed by atoms with Crippen LogP contribution in [0.25, 0.3) is 11.3 Å². The molecule has 2 amide bonds. The highest BCUT2D eigenvalue weighted by molar-refractivity contribution is 5.96. The average molecular weight is 337 g/mol. The van der Waals surface area contributed by atoms with Gasteiger partial charge in [-0.3, -0.25) is 20.4 Å². The number of nitrogens with one attached hydrogen (secondary N) is 2. The summed E-state index contributed by atoms with van der Waals surface area (Å²) in [7, 11) is 0. The molecule has 0 aliphatic heterocycles. The first-order chi connectivity index (χ1) is 12.2. The van der Waals surface area contributed by atoms with Crippen LogP contribution in [0, 0.1) is 11.8 Å². The fourth-order valence-electron chi connectivity index (χ4n) is 2.89. The number of hydrazine groups is 1. The molecule has 2 aromatic rings. The highest BCUT2D eigenvalue weighted by atomic mass is 16.5. The van der Waals surface area contributed by atoms with Gasteiger partial charge in [0.25, 0.3) is 11.8 Å². The third-order valence-electron chi connectivity index (χ3n) is 4.50. The molecule has 6 heteroatoms. The summed E-state index contributed by atoms with van der Waals surface area (Å²) in [6.45, 7) is 0. The Hall–Kier alpha value is -2.89. The number of rotatable bonds is 5. The van der Waals surface area contributed by atoms with E-state index >= 15 is 0 Å². The van der Waals surface area contributed by atoms with Gasteiger partial charge in [0.1, 0.15) is 0 Å². The molecule has 2 aliphatic carbocycles. The maximum atomic E-state index is 12.1. The van der Waals surface area contributed by atoms with Crippen molar-refractivity contribution < 1.29 is 14.1 Å². The van der Waals surface area contributed by atoms with E-state index in [4.69, 9.17) is 4.52 Å². The zero-order valence-electron chi connectivity index (χ0n) is 13.7. The van der Waals surface area contributed by atoms with E-state index in [0.717, 1.165) is 5.56 Å². The molecular weight excluding hydrogens is 318 g/mol. The molecule has 0 bridgehead atoms. The minimum absolute atomic E-state index is 0.118. The molecule has 1 aromatic heterocycles. The van der Waals surface area contributed by atoms with Gasteiger partial charge in [-0.2, -0.15) is 0 Å². The lowest BCUT2D eigenvalue weighted by molar-refractivity contribution is -0.117. The van der Waals surface area contributed by atoms with E-state index in [1.54, 1.807) is 12.1 Å². The van der Waals surface area contributed by atoms with E-state index < -0.39 is 5.91 Å². The van der Waals surface area contributed by atoms with Crippen LogP contribution in [-0.2, 0) is 4.79 Å². The summed E-state index contributed by atoms with van der Waals surface area (Å²) in [5.74, 6) is 0.832. The summed E-state index contributed by atoms with van der Waals surface area (Å²) in [4.78, 5) is 24.1. The Balaban J connectivity index is 1.35. The van der Waals surface area contributed by atoms with Crippen LogP contribution in [0.2, 0.25) is 0 Å². The van der Waals surface area contributed by atoms with Crippen molar-refractivity contribution in [2.45, 2.75) is 25.7 Å². The fraction of sp³-hybridized carbons (Fsp3) is 0.316. The highest BCUT2D eigenvalue weighted by Crippen LogP contribution is 2.48. The monoisotopic (exact) mass is 337 g/mol. The molecule has 1 heterocycles. The van der Waals surface area contributed by atoms with E-state index in [0.29, 0.717) is 17.6 Å². The van der Waals surface area contributed by atoms with Crippen molar-refractivity contribution >= 4 is 11.8 Å². The van der Waals surface area contributed by atoms with E-state index in [-0.39, 0.29) is 11.6 Å².